The number of nitrogens with zero attached hydrogens (tertiary/aromatic N) is 2. The van der Waals surface area contributed by atoms with Gasteiger partial charge >= 0.3 is 0 Å². The van der Waals surface area contributed by atoms with Crippen molar-refractivity contribution in [2.45, 2.75) is 95.2 Å². The lowest BCUT2D eigenvalue weighted by molar-refractivity contribution is -0.146. The number of methoxy groups -OCH3 is 1. The minimum absolute atomic E-state index is 0.00767. The Morgan fingerprint density at radius 2 is 1.63 bits per heavy atom. The third kappa shape index (κ3) is 5.70. The number of benzene rings is 3. The number of carbonyl (C=O) groups is 1. The van der Waals surface area contributed by atoms with Crippen LogP contribution in [-0.4, -0.2) is 60.5 Å². The van der Waals surface area contributed by atoms with Gasteiger partial charge < -0.3 is 24.2 Å². The van der Waals surface area contributed by atoms with Crippen molar-refractivity contribution < 1.29 is 24.1 Å². The minimum Gasteiger partial charge on any atom is -0.493 e. The predicted molar refractivity (Wildman–Crippen MR) is 180 cm³/mol. The zero-order valence-corrected chi connectivity index (χ0v) is 28.0. The summed E-state index contributed by atoms with van der Waals surface area (Å²) in [6.07, 6.45) is 5.84. The highest BCUT2D eigenvalue weighted by Gasteiger charge is 2.48. The number of rotatable bonds is 8. The van der Waals surface area contributed by atoms with Gasteiger partial charge in [0.05, 0.1) is 50.5 Å². The molecule has 4 aliphatic heterocycles. The van der Waals surface area contributed by atoms with Gasteiger partial charge in [-0.1, -0.05) is 42.3 Å². The Balaban J connectivity index is 1.21. The third-order valence-electron chi connectivity index (χ3n) is 10.7. The molecule has 3 saturated heterocycles. The van der Waals surface area contributed by atoms with Crippen LogP contribution in [0.25, 0.3) is 0 Å². The van der Waals surface area contributed by atoms with E-state index in [2.05, 4.69) is 4.90 Å². The predicted octanol–water partition coefficient (Wildman–Crippen LogP) is 7.05. The molecule has 244 valence electrons. The Hall–Kier alpha value is -3.10. The van der Waals surface area contributed by atoms with Gasteiger partial charge in [0, 0.05) is 22.8 Å². The Morgan fingerprint density at radius 1 is 0.957 bits per heavy atom. The number of anilines is 1. The molecule has 3 unspecified atom stereocenters. The first-order chi connectivity index (χ1) is 22.1. The number of halogens is 1. The molecule has 1 amide bonds. The van der Waals surface area contributed by atoms with Crippen molar-refractivity contribution in [1.29, 1.82) is 0 Å². The molecule has 0 radical (unpaired) electrons. The normalized spacial score (nSPS) is 26.3. The molecule has 1 N–H and O–H groups in total. The molecule has 4 atom stereocenters. The monoisotopic (exact) mass is 644 g/mol. The molecule has 7 rings (SSSR count). The van der Waals surface area contributed by atoms with Gasteiger partial charge in [0.25, 0.3) is 0 Å². The van der Waals surface area contributed by atoms with Crippen molar-refractivity contribution in [3.8, 4) is 11.5 Å². The van der Waals surface area contributed by atoms with Crippen LogP contribution in [0.3, 0.4) is 0 Å². The number of amides is 1. The Kier molecular flexibility index (Phi) is 8.55. The van der Waals surface area contributed by atoms with Crippen molar-refractivity contribution in [2.75, 3.05) is 25.2 Å². The lowest BCUT2D eigenvalue weighted by Gasteiger charge is -2.56. The van der Waals surface area contributed by atoms with Crippen molar-refractivity contribution in [1.82, 2.24) is 4.90 Å². The van der Waals surface area contributed by atoms with Gasteiger partial charge in [-0.25, -0.2) is 0 Å². The Labute approximate surface area is 277 Å². The molecule has 3 fully saturated rings. The average molecular weight is 645 g/mol. The smallest absolute Gasteiger partial charge is 0.232 e. The molecular formula is C38H45ClN2O5. The van der Waals surface area contributed by atoms with Crippen molar-refractivity contribution >= 4 is 23.2 Å². The fraction of sp³-hybridized carbons (Fsp3) is 0.500. The molecule has 46 heavy (non-hydrogen) atoms. The lowest BCUT2D eigenvalue weighted by Crippen LogP contribution is -2.63. The van der Waals surface area contributed by atoms with Crippen LogP contribution in [0.2, 0.25) is 5.02 Å². The molecule has 7 nitrogen and oxygen atoms in total. The third-order valence-corrected chi connectivity index (χ3v) is 11.0. The fourth-order valence-electron chi connectivity index (χ4n) is 8.39. The average Bonchev–Trinajstić information content (AvgIpc) is 2.99. The second kappa shape index (κ2) is 12.5. The van der Waals surface area contributed by atoms with Gasteiger partial charge in [0.1, 0.15) is 0 Å². The molecule has 0 aromatic heterocycles. The fourth-order valence-corrected chi connectivity index (χ4v) is 8.52. The highest BCUT2D eigenvalue weighted by molar-refractivity contribution is 6.30. The standard InChI is InChI=1S/C38H45ClN2O5/c1-23(2)46-35-20-33-25(16-34(35)44-4)17-36(42)41(37(33)24-8-12-28(39)13-9-24)29-14-10-26(11-15-29)38(3,43)27-18-30-6-5-7-31(19-27)40(30)32-21-45-22-32/h8-16,20,23,27,30-32,37,43H,5-7,17-19,21-22H2,1-4H3/t27?,30?,31?,37?,38-/m1/s1. The van der Waals surface area contributed by atoms with Gasteiger partial charge in [-0.05, 0) is 111 Å². The number of fused-ring (bicyclic) bond motifs is 3. The maximum absolute atomic E-state index is 14.0. The molecule has 3 aromatic carbocycles. The number of hydrogen-bond acceptors (Lipinski definition) is 6. The van der Waals surface area contributed by atoms with Gasteiger partial charge in [0.2, 0.25) is 5.91 Å². The molecule has 3 aromatic rings. The quantitative estimate of drug-likeness (QED) is 0.283. The van der Waals surface area contributed by atoms with Crippen molar-refractivity contribution in [2.24, 2.45) is 5.92 Å². The zero-order chi connectivity index (χ0) is 32.2. The summed E-state index contributed by atoms with van der Waals surface area (Å²) in [5, 5.41) is 12.7. The summed E-state index contributed by atoms with van der Waals surface area (Å²) in [6, 6.07) is 20.8. The summed E-state index contributed by atoms with van der Waals surface area (Å²) in [5.74, 6) is 1.43. The van der Waals surface area contributed by atoms with E-state index in [1.54, 1.807) is 7.11 Å². The summed E-state index contributed by atoms with van der Waals surface area (Å²) < 4.78 is 17.4. The summed E-state index contributed by atoms with van der Waals surface area (Å²) in [7, 11) is 1.62. The zero-order valence-electron chi connectivity index (χ0n) is 27.2. The maximum Gasteiger partial charge on any atom is 0.232 e. The molecule has 4 aliphatic rings. The van der Waals surface area contributed by atoms with E-state index in [0.29, 0.717) is 34.6 Å². The van der Waals surface area contributed by atoms with Crippen LogP contribution in [0.4, 0.5) is 5.69 Å². The Bertz CT molecular complexity index is 1560. The van der Waals surface area contributed by atoms with Gasteiger partial charge in [-0.2, -0.15) is 0 Å². The molecule has 2 bridgehead atoms. The highest BCUT2D eigenvalue weighted by atomic mass is 35.5. The van der Waals surface area contributed by atoms with Crippen LogP contribution in [-0.2, 0) is 21.6 Å². The molecule has 0 aliphatic carbocycles. The number of carbonyl (C=O) groups excluding carboxylic acids is 1. The van der Waals surface area contributed by atoms with Crippen LogP contribution >= 0.6 is 11.6 Å². The van der Waals surface area contributed by atoms with E-state index in [4.69, 9.17) is 25.8 Å². The molecule has 4 heterocycles. The second-order valence-electron chi connectivity index (χ2n) is 14.0. The highest BCUT2D eigenvalue weighted by Crippen LogP contribution is 2.47. The summed E-state index contributed by atoms with van der Waals surface area (Å²) in [4.78, 5) is 18.6. The largest absolute Gasteiger partial charge is 0.493 e. The van der Waals surface area contributed by atoms with Crippen LogP contribution in [0, 0.1) is 5.92 Å². The van der Waals surface area contributed by atoms with Crippen molar-refractivity contribution in [3.05, 3.63) is 87.9 Å². The summed E-state index contributed by atoms with van der Waals surface area (Å²) >= 11 is 6.29. The van der Waals surface area contributed by atoms with E-state index in [0.717, 1.165) is 54.0 Å². The summed E-state index contributed by atoms with van der Waals surface area (Å²) in [5.41, 5.74) is 3.57. The number of aliphatic hydroxyl groups is 1. The molecular weight excluding hydrogens is 600 g/mol. The van der Waals surface area contributed by atoms with Gasteiger partial charge in [-0.15, -0.1) is 0 Å². The first kappa shape index (κ1) is 31.5. The van der Waals surface area contributed by atoms with Crippen LogP contribution in [0.5, 0.6) is 11.5 Å². The van der Waals surface area contributed by atoms with E-state index in [-0.39, 0.29) is 30.4 Å². The molecule has 0 spiro atoms. The topological polar surface area (TPSA) is 71.5 Å². The first-order valence-corrected chi connectivity index (χ1v) is 17.1. The van der Waals surface area contributed by atoms with Crippen LogP contribution < -0.4 is 14.4 Å². The SMILES string of the molecule is COc1cc2c(cc1OC(C)C)C(c1ccc(Cl)cc1)N(c1ccc([C@@](C)(O)C3CC4CCCC(C3)N4C3COC3)cc1)C(=O)C2. The Morgan fingerprint density at radius 3 is 2.22 bits per heavy atom. The van der Waals surface area contributed by atoms with Gasteiger partial charge in [-0.3, -0.25) is 9.69 Å². The first-order valence-electron chi connectivity index (χ1n) is 16.8. The maximum atomic E-state index is 14.0. The number of piperidine rings is 2. The number of hydrogen-bond donors (Lipinski definition) is 1. The van der Waals surface area contributed by atoms with E-state index < -0.39 is 5.60 Å². The van der Waals surface area contributed by atoms with E-state index in [9.17, 15) is 9.90 Å². The van der Waals surface area contributed by atoms with Crippen LogP contribution in [0.1, 0.15) is 81.2 Å². The van der Waals surface area contributed by atoms with Gasteiger partial charge in [0.15, 0.2) is 11.5 Å². The van der Waals surface area contributed by atoms with E-state index in [1.165, 1.54) is 19.3 Å². The van der Waals surface area contributed by atoms with Crippen molar-refractivity contribution in [3.63, 3.8) is 0 Å². The second-order valence-corrected chi connectivity index (χ2v) is 14.4. The minimum atomic E-state index is -0.970. The van der Waals surface area contributed by atoms with E-state index in [1.807, 2.05) is 86.3 Å². The van der Waals surface area contributed by atoms with Crippen LogP contribution in [0.15, 0.2) is 60.7 Å². The molecule has 0 saturated carbocycles. The number of ether oxygens (including phenoxy) is 3. The lowest BCUT2D eigenvalue weighted by atomic mass is 9.69. The van der Waals surface area contributed by atoms with E-state index >= 15 is 0 Å². The summed E-state index contributed by atoms with van der Waals surface area (Å²) in [6.45, 7) is 7.63. The molecule has 8 heteroatoms.